The molecule has 2 atom stereocenters. The molecule has 3 heterocycles. The van der Waals surface area contributed by atoms with Crippen LogP contribution in [0.25, 0.3) is 22.9 Å². The Bertz CT molecular complexity index is 1020. The lowest BCUT2D eigenvalue weighted by Gasteiger charge is -2.06. The first kappa shape index (κ1) is 19.7. The van der Waals surface area contributed by atoms with Crippen molar-refractivity contribution in [2.24, 2.45) is 21.8 Å². The smallest absolute Gasteiger partial charge is 0.211 e. The molecule has 5 nitrogen and oxygen atoms in total. The first-order chi connectivity index (χ1) is 13.8. The molecule has 154 valence electrons. The molecule has 0 saturated heterocycles. The van der Waals surface area contributed by atoms with Gasteiger partial charge in [0.25, 0.3) is 0 Å². The van der Waals surface area contributed by atoms with Crippen LogP contribution in [0.1, 0.15) is 38.8 Å². The van der Waals surface area contributed by atoms with Gasteiger partial charge in [0.05, 0.1) is 22.8 Å². The number of ether oxygens (including phenoxy) is 2. The first-order valence-corrected chi connectivity index (χ1v) is 10.6. The zero-order valence-electron chi connectivity index (χ0n) is 18.2. The van der Waals surface area contributed by atoms with Crippen LogP contribution in [-0.2, 0) is 9.47 Å². The van der Waals surface area contributed by atoms with E-state index in [9.17, 15) is 0 Å². The highest BCUT2D eigenvalue weighted by Gasteiger charge is 2.22. The van der Waals surface area contributed by atoms with Gasteiger partial charge in [-0.15, -0.1) is 0 Å². The Kier molecular flexibility index (Phi) is 5.24. The fourth-order valence-corrected chi connectivity index (χ4v) is 3.67. The van der Waals surface area contributed by atoms with Crippen molar-refractivity contribution < 1.29 is 9.47 Å². The van der Waals surface area contributed by atoms with Gasteiger partial charge in [-0.25, -0.2) is 9.98 Å². The van der Waals surface area contributed by atoms with Gasteiger partial charge in [0.1, 0.15) is 13.2 Å². The molecular weight excluding hydrogens is 362 g/mol. The summed E-state index contributed by atoms with van der Waals surface area (Å²) in [6, 6.07) is 4.92. The standard InChI is InChI=1S/C24H31N3O2/c1-13(2)21-11-28-23(26-21)9-19-17-7-15(5)16(6)8-18(17)20(25-19)10-24-27-22(12-29-24)14(3)4/h7-10,13-14,21-22,25H,11-12H2,1-6H3/b19-9-,20-10-/t21-,22-/m0/s1. The number of rotatable bonds is 4. The summed E-state index contributed by atoms with van der Waals surface area (Å²) in [5, 5.41) is 4.35. The zero-order chi connectivity index (χ0) is 20.7. The van der Waals surface area contributed by atoms with Crippen molar-refractivity contribution in [2.45, 2.75) is 53.6 Å². The summed E-state index contributed by atoms with van der Waals surface area (Å²) < 4.78 is 11.7. The molecule has 1 aromatic carbocycles. The van der Waals surface area contributed by atoms with Crippen LogP contribution < -0.4 is 10.7 Å². The Morgan fingerprint density at radius 1 is 0.828 bits per heavy atom. The van der Waals surface area contributed by atoms with E-state index in [4.69, 9.17) is 19.5 Å². The molecule has 0 bridgehead atoms. The van der Waals surface area contributed by atoms with Crippen LogP contribution in [0.3, 0.4) is 0 Å². The maximum Gasteiger partial charge on any atom is 0.211 e. The maximum atomic E-state index is 5.83. The van der Waals surface area contributed by atoms with E-state index in [1.807, 2.05) is 12.2 Å². The second-order valence-corrected chi connectivity index (χ2v) is 8.90. The molecule has 2 aliphatic heterocycles. The Morgan fingerprint density at radius 3 is 1.59 bits per heavy atom. The second kappa shape index (κ2) is 7.69. The Labute approximate surface area is 172 Å². The van der Waals surface area contributed by atoms with Gasteiger partial charge in [-0.2, -0.15) is 0 Å². The number of hydrogen-bond donors (Lipinski definition) is 1. The van der Waals surface area contributed by atoms with Crippen molar-refractivity contribution in [3.8, 4) is 0 Å². The van der Waals surface area contributed by atoms with Crippen molar-refractivity contribution in [3.63, 3.8) is 0 Å². The molecule has 2 aliphatic rings. The summed E-state index contributed by atoms with van der Waals surface area (Å²) in [6.45, 7) is 14.3. The van der Waals surface area contributed by atoms with E-state index in [2.05, 4.69) is 58.7 Å². The van der Waals surface area contributed by atoms with Gasteiger partial charge in [0.15, 0.2) is 0 Å². The number of fused-ring (bicyclic) bond motifs is 1. The van der Waals surface area contributed by atoms with Gasteiger partial charge in [-0.05, 0) is 48.9 Å². The quantitative estimate of drug-likeness (QED) is 0.867. The van der Waals surface area contributed by atoms with Gasteiger partial charge in [-0.3, -0.25) is 0 Å². The summed E-state index contributed by atoms with van der Waals surface area (Å²) >= 11 is 0. The summed E-state index contributed by atoms with van der Waals surface area (Å²) in [6.07, 6.45) is 4.04. The van der Waals surface area contributed by atoms with E-state index in [0.29, 0.717) is 36.8 Å². The summed E-state index contributed by atoms with van der Waals surface area (Å²) in [5.41, 5.74) is 2.53. The topological polar surface area (TPSA) is 59.0 Å². The molecule has 0 fully saturated rings. The summed E-state index contributed by atoms with van der Waals surface area (Å²) in [5.74, 6) is 2.35. The van der Waals surface area contributed by atoms with E-state index in [-0.39, 0.29) is 12.1 Å². The fourth-order valence-electron chi connectivity index (χ4n) is 3.67. The number of aromatic nitrogens is 1. The molecule has 29 heavy (non-hydrogen) atoms. The van der Waals surface area contributed by atoms with E-state index < -0.39 is 0 Å². The van der Waals surface area contributed by atoms with E-state index in [1.54, 1.807) is 0 Å². The molecule has 0 amide bonds. The summed E-state index contributed by atoms with van der Waals surface area (Å²) in [4.78, 5) is 13.0. The number of aliphatic imine (C=N–C) groups is 2. The number of hydrogen-bond acceptors (Lipinski definition) is 4. The molecule has 2 aromatic rings. The van der Waals surface area contributed by atoms with Gasteiger partial charge >= 0.3 is 0 Å². The third-order valence-corrected chi connectivity index (χ3v) is 5.95. The third-order valence-electron chi connectivity index (χ3n) is 5.95. The fraction of sp³-hybridized carbons (Fsp3) is 0.500. The van der Waals surface area contributed by atoms with E-state index in [0.717, 1.165) is 21.5 Å². The normalized spacial score (nSPS) is 23.2. The Balaban J connectivity index is 1.84. The molecular formula is C24H31N3O2. The van der Waals surface area contributed by atoms with Crippen LogP contribution in [-0.4, -0.2) is 42.1 Å². The van der Waals surface area contributed by atoms with Gasteiger partial charge in [0, 0.05) is 22.9 Å². The maximum absolute atomic E-state index is 5.83. The molecule has 5 heteroatoms. The van der Waals surface area contributed by atoms with Gasteiger partial charge in [-0.1, -0.05) is 27.7 Å². The van der Waals surface area contributed by atoms with Gasteiger partial charge in [0.2, 0.25) is 11.8 Å². The Morgan fingerprint density at radius 2 is 1.24 bits per heavy atom. The van der Waals surface area contributed by atoms with Crippen LogP contribution in [0.2, 0.25) is 0 Å². The monoisotopic (exact) mass is 393 g/mol. The van der Waals surface area contributed by atoms with Crippen LogP contribution in [0.4, 0.5) is 0 Å². The van der Waals surface area contributed by atoms with Crippen molar-refractivity contribution in [1.82, 2.24) is 4.98 Å². The van der Waals surface area contributed by atoms with Crippen molar-refractivity contribution in [2.75, 3.05) is 13.2 Å². The molecule has 0 unspecified atom stereocenters. The molecule has 1 aromatic heterocycles. The molecule has 0 spiro atoms. The zero-order valence-corrected chi connectivity index (χ0v) is 18.2. The molecule has 0 saturated carbocycles. The van der Waals surface area contributed by atoms with Crippen molar-refractivity contribution in [1.29, 1.82) is 0 Å². The van der Waals surface area contributed by atoms with E-state index in [1.165, 1.54) is 11.1 Å². The van der Waals surface area contributed by atoms with Gasteiger partial charge < -0.3 is 14.5 Å². The SMILES string of the molecule is Cc1cc2/c(=C/C3=N[C@H](C(C)C)CO3)[nH]/c(=C\C3=N[C@H](C(C)C)CO3)c2cc1C. The minimum Gasteiger partial charge on any atom is -0.476 e. The predicted molar refractivity (Wildman–Crippen MR) is 120 cm³/mol. The Hall–Kier alpha value is -2.56. The minimum atomic E-state index is 0.228. The highest BCUT2D eigenvalue weighted by molar-refractivity contribution is 6.09. The minimum absolute atomic E-state index is 0.228. The van der Waals surface area contributed by atoms with Crippen LogP contribution in [0, 0.1) is 25.7 Å². The first-order valence-electron chi connectivity index (χ1n) is 10.6. The molecule has 4 rings (SSSR count). The average Bonchev–Trinajstić information content (AvgIpc) is 3.37. The van der Waals surface area contributed by atoms with Crippen molar-refractivity contribution >= 4 is 34.7 Å². The number of aryl methyl sites for hydroxylation is 2. The van der Waals surface area contributed by atoms with Crippen LogP contribution in [0.5, 0.6) is 0 Å². The lowest BCUT2D eigenvalue weighted by molar-refractivity contribution is 0.294. The van der Waals surface area contributed by atoms with Crippen LogP contribution >= 0.6 is 0 Å². The second-order valence-electron chi connectivity index (χ2n) is 8.90. The van der Waals surface area contributed by atoms with E-state index >= 15 is 0 Å². The lowest BCUT2D eigenvalue weighted by Crippen LogP contribution is -2.14. The third kappa shape index (κ3) is 3.96. The molecule has 1 N–H and O–H groups in total. The number of benzene rings is 1. The number of aromatic amines is 1. The predicted octanol–water partition coefficient (Wildman–Crippen LogP) is 3.25. The largest absolute Gasteiger partial charge is 0.476 e. The highest BCUT2D eigenvalue weighted by atomic mass is 16.5. The molecule has 0 radical (unpaired) electrons. The van der Waals surface area contributed by atoms with Crippen molar-refractivity contribution in [3.05, 3.63) is 34.0 Å². The molecule has 0 aliphatic carbocycles. The lowest BCUT2D eigenvalue weighted by atomic mass is 10.0. The van der Waals surface area contributed by atoms with Crippen LogP contribution in [0.15, 0.2) is 22.1 Å². The average molecular weight is 394 g/mol. The number of nitrogens with zero attached hydrogens (tertiary/aromatic N) is 2. The highest BCUT2D eigenvalue weighted by Crippen LogP contribution is 2.17. The number of nitrogens with one attached hydrogen (secondary N) is 1. The summed E-state index contributed by atoms with van der Waals surface area (Å²) in [7, 11) is 0. The number of H-pyrrole nitrogens is 1.